The number of ether oxygens (including phenoxy) is 1. The summed E-state index contributed by atoms with van der Waals surface area (Å²) in [6, 6.07) is 14.3. The summed E-state index contributed by atoms with van der Waals surface area (Å²) in [5.41, 5.74) is 0.692. The number of thiophene rings is 1. The Hall–Kier alpha value is -2.45. The fourth-order valence-corrected chi connectivity index (χ4v) is 11.0. The fraction of sp³-hybridized carbons (Fsp3) is 0. The van der Waals surface area contributed by atoms with Crippen LogP contribution in [-0.2, 0) is 24.8 Å². The van der Waals surface area contributed by atoms with E-state index < -0.39 is 36.0 Å². The third-order valence-electron chi connectivity index (χ3n) is 4.78. The molecule has 174 valence electrons. The Morgan fingerprint density at radius 2 is 1.71 bits per heavy atom. The Balaban J connectivity index is 1.50. The molecule has 2 aromatic carbocycles. The average Bonchev–Trinajstić information content (AvgIpc) is 3.36. The van der Waals surface area contributed by atoms with E-state index in [0.29, 0.717) is 7.57 Å². The summed E-state index contributed by atoms with van der Waals surface area (Å²) in [7, 11) is -9.11. The van der Waals surface area contributed by atoms with Gasteiger partial charge in [0.25, 0.3) is 15.1 Å². The number of nitrogens with zero attached hydrogens (tertiary/aromatic N) is 1. The molecule has 1 aliphatic rings. The van der Waals surface area contributed by atoms with Crippen molar-refractivity contribution in [3.05, 3.63) is 73.8 Å². The van der Waals surface area contributed by atoms with E-state index in [9.17, 15) is 21.6 Å². The number of benzene rings is 2. The summed E-state index contributed by atoms with van der Waals surface area (Å²) in [5.74, 6) is -0.743. The van der Waals surface area contributed by atoms with E-state index in [1.807, 2.05) is 18.2 Å². The lowest BCUT2D eigenvalue weighted by Gasteiger charge is -2.16. The van der Waals surface area contributed by atoms with E-state index in [1.54, 1.807) is 18.2 Å². The van der Waals surface area contributed by atoms with Gasteiger partial charge >= 0.3 is 16.0 Å². The van der Waals surface area contributed by atoms with Gasteiger partial charge in [0.15, 0.2) is 10.5 Å². The molecular formula is C21H11Br2NO7S3. The van der Waals surface area contributed by atoms with Crippen molar-refractivity contribution >= 4 is 91.9 Å². The van der Waals surface area contributed by atoms with E-state index in [2.05, 4.69) is 31.9 Å². The number of hydrogen-bond donors (Lipinski definition) is 0. The van der Waals surface area contributed by atoms with Gasteiger partial charge in [-0.15, -0.1) is 11.3 Å². The van der Waals surface area contributed by atoms with Gasteiger partial charge in [-0.1, -0.05) is 36.4 Å². The first-order chi connectivity index (χ1) is 16.1. The topological polar surface area (TPSA) is 111 Å². The first kappa shape index (κ1) is 23.3. The van der Waals surface area contributed by atoms with Crippen molar-refractivity contribution in [2.45, 2.75) is 9.99 Å². The van der Waals surface area contributed by atoms with Gasteiger partial charge in [0, 0.05) is 12.1 Å². The van der Waals surface area contributed by atoms with E-state index in [0.717, 1.165) is 23.0 Å². The first-order valence-corrected chi connectivity index (χ1v) is 14.6. The molecule has 0 fully saturated rings. The molecule has 0 unspecified atom stereocenters. The number of carbonyl (C=O) groups is 1. The molecule has 2 aromatic heterocycles. The van der Waals surface area contributed by atoms with Gasteiger partial charge in [-0.3, -0.25) is 0 Å². The molecule has 3 heterocycles. The fourth-order valence-electron chi connectivity index (χ4n) is 3.40. The Morgan fingerprint density at radius 1 is 0.971 bits per heavy atom. The number of furan rings is 1. The Bertz CT molecular complexity index is 1710. The molecule has 1 aliphatic heterocycles. The molecule has 0 atom stereocenters. The van der Waals surface area contributed by atoms with Crippen LogP contribution in [0.3, 0.4) is 0 Å². The minimum Gasteiger partial charge on any atom is -0.439 e. The van der Waals surface area contributed by atoms with Crippen LogP contribution in [0.4, 0.5) is 5.69 Å². The molecular weight excluding hydrogens is 634 g/mol. The molecule has 0 saturated carbocycles. The van der Waals surface area contributed by atoms with E-state index in [-0.39, 0.29) is 26.1 Å². The highest BCUT2D eigenvalue weighted by Gasteiger charge is 2.53. The number of hydrogen-bond acceptors (Lipinski definition) is 8. The lowest BCUT2D eigenvalue weighted by atomic mass is 10.2. The summed E-state index contributed by atoms with van der Waals surface area (Å²) >= 11 is 7.69. The van der Waals surface area contributed by atoms with Crippen LogP contribution in [0.1, 0.15) is 5.56 Å². The average molecular weight is 645 g/mol. The number of halogens is 2. The Morgan fingerprint density at radius 3 is 2.44 bits per heavy atom. The maximum Gasteiger partial charge on any atom is 0.336 e. The van der Waals surface area contributed by atoms with Crippen molar-refractivity contribution < 1.29 is 30.8 Å². The zero-order valence-electron chi connectivity index (χ0n) is 16.6. The molecule has 0 amide bonds. The van der Waals surface area contributed by atoms with E-state index >= 15 is 0 Å². The molecule has 0 radical (unpaired) electrons. The van der Waals surface area contributed by atoms with Crippen LogP contribution >= 0.6 is 43.2 Å². The number of carbonyl (C=O) groups excluding carboxylic acids is 1. The van der Waals surface area contributed by atoms with Crippen molar-refractivity contribution in [3.63, 3.8) is 0 Å². The van der Waals surface area contributed by atoms with Crippen LogP contribution in [0.15, 0.2) is 82.7 Å². The van der Waals surface area contributed by atoms with Crippen LogP contribution < -0.4 is 8.45 Å². The third kappa shape index (κ3) is 3.71. The van der Waals surface area contributed by atoms with Gasteiger partial charge < -0.3 is 9.15 Å². The van der Waals surface area contributed by atoms with Gasteiger partial charge in [0.05, 0.1) is 14.9 Å². The van der Waals surface area contributed by atoms with Gasteiger partial charge in [0.2, 0.25) is 0 Å². The minimum absolute atomic E-state index is 0.0289. The van der Waals surface area contributed by atoms with Gasteiger partial charge in [-0.2, -0.15) is 20.5 Å². The number of esters is 1. The molecule has 0 aliphatic carbocycles. The van der Waals surface area contributed by atoms with Gasteiger partial charge in [-0.25, -0.2) is 4.79 Å². The lowest BCUT2D eigenvalue weighted by molar-refractivity contribution is -0.128. The molecule has 34 heavy (non-hydrogen) atoms. The van der Waals surface area contributed by atoms with Crippen LogP contribution in [0.25, 0.3) is 17.0 Å². The van der Waals surface area contributed by atoms with Crippen molar-refractivity contribution in [1.29, 1.82) is 0 Å². The van der Waals surface area contributed by atoms with E-state index in [1.165, 1.54) is 24.3 Å². The molecule has 5 rings (SSSR count). The number of fused-ring (bicyclic) bond motifs is 3. The Labute approximate surface area is 214 Å². The minimum atomic E-state index is -4.58. The quantitative estimate of drug-likeness (QED) is 0.163. The summed E-state index contributed by atoms with van der Waals surface area (Å²) < 4.78 is 65.0. The SMILES string of the molecule is O=C(C=Cc1ccccc1)Oc1cccc(N2S(=O)(=O)c3oc4c(Br)sc(Br)c4c3S2(=O)=O)c1. The van der Waals surface area contributed by atoms with Gasteiger partial charge in [-0.05, 0) is 55.6 Å². The molecule has 13 heteroatoms. The van der Waals surface area contributed by atoms with Crippen molar-refractivity contribution in [3.8, 4) is 5.75 Å². The second-order valence-electron chi connectivity index (χ2n) is 6.94. The third-order valence-corrected chi connectivity index (χ3v) is 11.5. The van der Waals surface area contributed by atoms with Crippen LogP contribution in [0.5, 0.6) is 5.75 Å². The van der Waals surface area contributed by atoms with Crippen molar-refractivity contribution in [1.82, 2.24) is 0 Å². The predicted molar refractivity (Wildman–Crippen MR) is 134 cm³/mol. The predicted octanol–water partition coefficient (Wildman–Crippen LogP) is 5.54. The summed E-state index contributed by atoms with van der Waals surface area (Å²) in [6.45, 7) is 0. The Kier molecular flexibility index (Phi) is 5.72. The molecule has 0 N–H and O–H groups in total. The highest BCUT2D eigenvalue weighted by molar-refractivity contribution is 9.12. The number of sulfonamides is 2. The largest absolute Gasteiger partial charge is 0.439 e. The summed E-state index contributed by atoms with van der Waals surface area (Å²) in [5, 5.41) is -0.522. The zero-order chi connectivity index (χ0) is 24.3. The maximum absolute atomic E-state index is 13.4. The number of rotatable bonds is 4. The lowest BCUT2D eigenvalue weighted by Crippen LogP contribution is -2.30. The smallest absolute Gasteiger partial charge is 0.336 e. The van der Waals surface area contributed by atoms with Crippen LogP contribution in [0, 0.1) is 0 Å². The van der Waals surface area contributed by atoms with Crippen LogP contribution in [0.2, 0.25) is 0 Å². The zero-order valence-corrected chi connectivity index (χ0v) is 22.3. The molecule has 0 bridgehead atoms. The number of anilines is 1. The van der Waals surface area contributed by atoms with Crippen molar-refractivity contribution in [2.75, 3.05) is 3.71 Å². The van der Waals surface area contributed by atoms with Crippen molar-refractivity contribution in [2.24, 2.45) is 0 Å². The first-order valence-electron chi connectivity index (χ1n) is 9.36. The monoisotopic (exact) mass is 643 g/mol. The second kappa shape index (κ2) is 8.34. The molecule has 8 nitrogen and oxygen atoms in total. The highest BCUT2D eigenvalue weighted by atomic mass is 79.9. The normalized spacial score (nSPS) is 16.2. The summed E-state index contributed by atoms with van der Waals surface area (Å²) in [6.07, 6.45) is 2.77. The maximum atomic E-state index is 13.4. The molecule has 0 spiro atoms. The van der Waals surface area contributed by atoms with E-state index in [4.69, 9.17) is 9.15 Å². The summed E-state index contributed by atoms with van der Waals surface area (Å²) in [4.78, 5) is 11.8. The van der Waals surface area contributed by atoms with Crippen LogP contribution in [-0.4, -0.2) is 22.8 Å². The standard InChI is InChI=1S/C21H11Br2NO7S3/c22-19-16-17(20(23)32-19)31-21-18(16)33(26,27)24(34(21,28)29)13-7-4-8-14(11-13)30-15(25)10-9-12-5-2-1-3-6-12/h1-11H. The second-order valence-corrected chi connectivity index (χ2v) is 14.2. The van der Waals surface area contributed by atoms with Gasteiger partial charge in [0.1, 0.15) is 9.54 Å². The molecule has 4 aromatic rings. The highest BCUT2D eigenvalue weighted by Crippen LogP contribution is 2.52. The molecule has 0 saturated heterocycles.